The summed E-state index contributed by atoms with van der Waals surface area (Å²) in [5.74, 6) is -5.46. The normalized spacial score (nSPS) is 12.9. The van der Waals surface area contributed by atoms with Gasteiger partial charge < -0.3 is 5.73 Å². The van der Waals surface area contributed by atoms with Gasteiger partial charge in [-0.05, 0) is 0 Å². The number of nitrogens with zero attached hydrogens (tertiary/aromatic N) is 2. The van der Waals surface area contributed by atoms with E-state index in [-0.39, 0.29) is 0 Å². The van der Waals surface area contributed by atoms with Crippen molar-refractivity contribution in [3.63, 3.8) is 0 Å². The van der Waals surface area contributed by atoms with Gasteiger partial charge in [-0.3, -0.25) is 0 Å². The van der Waals surface area contributed by atoms with Crippen LogP contribution in [-0.2, 0) is 5.92 Å². The third-order valence-corrected chi connectivity index (χ3v) is 1.37. The molecule has 0 aliphatic heterocycles. The highest BCUT2D eigenvalue weighted by molar-refractivity contribution is 5.30. The number of nitrogen functional groups attached to an aromatic ring is 1. The maximum atomic E-state index is 12.6. The summed E-state index contributed by atoms with van der Waals surface area (Å²) in [7, 11) is 0. The quantitative estimate of drug-likeness (QED) is 0.722. The zero-order chi connectivity index (χ0) is 11.0. The second-order valence-corrected chi connectivity index (χ2v) is 2.40. The smallest absolute Gasteiger partial charge is 0.384 e. The number of hydrogen-bond acceptors (Lipinski definition) is 3. The number of aromatic nitrogens is 2. The van der Waals surface area contributed by atoms with Gasteiger partial charge in [0.2, 0.25) is 0 Å². The molecular formula is C6H4F5N3. The Morgan fingerprint density at radius 3 is 2.07 bits per heavy atom. The average Bonchev–Trinajstić information content (AvgIpc) is 2.02. The lowest BCUT2D eigenvalue weighted by molar-refractivity contribution is -0.290. The standard InChI is InChI=1S/C6H4F5N3/c7-5(8,6(9,10)11)3-1-4(12)14-2-13-3/h1-2H,(H2,12,13,14). The van der Waals surface area contributed by atoms with Crippen LogP contribution in [0.4, 0.5) is 27.8 Å². The fourth-order valence-electron chi connectivity index (χ4n) is 0.689. The second-order valence-electron chi connectivity index (χ2n) is 2.40. The molecule has 0 bridgehead atoms. The van der Waals surface area contributed by atoms with Crippen molar-refractivity contribution in [3.05, 3.63) is 18.1 Å². The fraction of sp³-hybridized carbons (Fsp3) is 0.333. The van der Waals surface area contributed by atoms with E-state index in [2.05, 4.69) is 9.97 Å². The minimum Gasteiger partial charge on any atom is -0.384 e. The molecule has 14 heavy (non-hydrogen) atoms. The van der Waals surface area contributed by atoms with Crippen LogP contribution in [0.2, 0.25) is 0 Å². The van der Waals surface area contributed by atoms with Crippen molar-refractivity contribution in [2.75, 3.05) is 5.73 Å². The first-order chi connectivity index (χ1) is 6.25. The van der Waals surface area contributed by atoms with E-state index in [9.17, 15) is 22.0 Å². The zero-order valence-corrected chi connectivity index (χ0v) is 6.52. The third kappa shape index (κ3) is 1.73. The molecule has 0 spiro atoms. The molecule has 1 rings (SSSR count). The molecule has 0 aliphatic rings. The summed E-state index contributed by atoms with van der Waals surface area (Å²) < 4.78 is 60.5. The maximum absolute atomic E-state index is 12.6. The Hall–Kier alpha value is -1.47. The van der Waals surface area contributed by atoms with Crippen LogP contribution in [0.5, 0.6) is 0 Å². The van der Waals surface area contributed by atoms with Gasteiger partial charge in [-0.25, -0.2) is 9.97 Å². The molecule has 3 nitrogen and oxygen atoms in total. The van der Waals surface area contributed by atoms with Gasteiger partial charge in [0, 0.05) is 6.07 Å². The molecule has 0 saturated carbocycles. The Labute approximate surface area is 74.8 Å². The minimum atomic E-state index is -5.69. The molecule has 1 aromatic rings. The Bertz CT molecular complexity index is 334. The first-order valence-corrected chi connectivity index (χ1v) is 3.27. The summed E-state index contributed by atoms with van der Waals surface area (Å²) in [5.41, 5.74) is 3.49. The van der Waals surface area contributed by atoms with Gasteiger partial charge in [0.05, 0.1) is 0 Å². The predicted octanol–water partition coefficient (Wildman–Crippen LogP) is 1.71. The molecule has 78 valence electrons. The molecule has 0 amide bonds. The molecule has 1 aromatic heterocycles. The van der Waals surface area contributed by atoms with Crippen LogP contribution in [0.15, 0.2) is 12.4 Å². The number of hydrogen-bond donors (Lipinski definition) is 1. The van der Waals surface area contributed by atoms with E-state index in [1.165, 1.54) is 0 Å². The third-order valence-electron chi connectivity index (χ3n) is 1.37. The number of halogens is 5. The predicted molar refractivity (Wildman–Crippen MR) is 36.4 cm³/mol. The Morgan fingerprint density at radius 2 is 1.64 bits per heavy atom. The largest absolute Gasteiger partial charge is 0.459 e. The minimum absolute atomic E-state index is 0.382. The van der Waals surface area contributed by atoms with Crippen LogP contribution in [0.1, 0.15) is 5.69 Å². The Balaban J connectivity index is 3.16. The first-order valence-electron chi connectivity index (χ1n) is 3.27. The summed E-state index contributed by atoms with van der Waals surface area (Å²) in [6.45, 7) is 0. The monoisotopic (exact) mass is 213 g/mol. The van der Waals surface area contributed by atoms with Crippen LogP contribution < -0.4 is 5.73 Å². The van der Waals surface area contributed by atoms with Crippen molar-refractivity contribution in [1.82, 2.24) is 9.97 Å². The van der Waals surface area contributed by atoms with Crippen LogP contribution in [0, 0.1) is 0 Å². The lowest BCUT2D eigenvalue weighted by atomic mass is 10.2. The highest BCUT2D eigenvalue weighted by atomic mass is 19.4. The van der Waals surface area contributed by atoms with Gasteiger partial charge in [0.1, 0.15) is 17.8 Å². The van der Waals surface area contributed by atoms with Gasteiger partial charge in [-0.2, -0.15) is 22.0 Å². The Morgan fingerprint density at radius 1 is 1.07 bits per heavy atom. The summed E-state index contributed by atoms with van der Waals surface area (Å²) in [6, 6.07) is 0.382. The van der Waals surface area contributed by atoms with Crippen LogP contribution >= 0.6 is 0 Å². The molecular weight excluding hydrogens is 209 g/mol. The lowest BCUT2D eigenvalue weighted by Gasteiger charge is -2.18. The van der Waals surface area contributed by atoms with Crippen molar-refractivity contribution >= 4 is 5.82 Å². The number of alkyl halides is 5. The number of nitrogens with two attached hydrogens (primary N) is 1. The Kier molecular flexibility index (Phi) is 2.30. The van der Waals surface area contributed by atoms with Crippen molar-refractivity contribution in [2.45, 2.75) is 12.1 Å². The zero-order valence-electron chi connectivity index (χ0n) is 6.52. The van der Waals surface area contributed by atoms with E-state index in [1.54, 1.807) is 0 Å². The van der Waals surface area contributed by atoms with Crippen molar-refractivity contribution < 1.29 is 22.0 Å². The van der Waals surface area contributed by atoms with Crippen LogP contribution in [0.3, 0.4) is 0 Å². The average molecular weight is 213 g/mol. The fourth-order valence-corrected chi connectivity index (χ4v) is 0.689. The molecule has 0 unspecified atom stereocenters. The van der Waals surface area contributed by atoms with Gasteiger partial charge in [0.25, 0.3) is 0 Å². The maximum Gasteiger partial charge on any atom is 0.459 e. The van der Waals surface area contributed by atoms with E-state index in [0.29, 0.717) is 12.4 Å². The molecule has 0 aromatic carbocycles. The van der Waals surface area contributed by atoms with Gasteiger partial charge in [0.15, 0.2) is 0 Å². The highest BCUT2D eigenvalue weighted by Crippen LogP contribution is 2.42. The van der Waals surface area contributed by atoms with Gasteiger partial charge >= 0.3 is 12.1 Å². The first kappa shape index (κ1) is 10.6. The van der Waals surface area contributed by atoms with Crippen molar-refractivity contribution in [3.8, 4) is 0 Å². The van der Waals surface area contributed by atoms with Crippen molar-refractivity contribution in [2.24, 2.45) is 0 Å². The molecule has 0 radical (unpaired) electrons. The number of anilines is 1. The second kappa shape index (κ2) is 3.03. The van der Waals surface area contributed by atoms with Gasteiger partial charge in [-0.15, -0.1) is 0 Å². The van der Waals surface area contributed by atoms with E-state index in [1.807, 2.05) is 0 Å². The van der Waals surface area contributed by atoms with E-state index < -0.39 is 23.6 Å². The summed E-state index contributed by atoms with van der Waals surface area (Å²) in [5, 5.41) is 0. The lowest BCUT2D eigenvalue weighted by Crippen LogP contribution is -2.34. The summed E-state index contributed by atoms with van der Waals surface area (Å²) in [6.07, 6.45) is -5.14. The summed E-state index contributed by atoms with van der Waals surface area (Å²) >= 11 is 0. The molecule has 1 heterocycles. The van der Waals surface area contributed by atoms with Crippen LogP contribution in [0.25, 0.3) is 0 Å². The molecule has 2 N–H and O–H groups in total. The molecule has 0 fully saturated rings. The van der Waals surface area contributed by atoms with Crippen LogP contribution in [-0.4, -0.2) is 16.1 Å². The van der Waals surface area contributed by atoms with E-state index in [4.69, 9.17) is 5.73 Å². The van der Waals surface area contributed by atoms with E-state index >= 15 is 0 Å². The topological polar surface area (TPSA) is 51.8 Å². The van der Waals surface area contributed by atoms with Crippen molar-refractivity contribution in [1.29, 1.82) is 0 Å². The summed E-state index contributed by atoms with van der Waals surface area (Å²) in [4.78, 5) is 6.02. The van der Waals surface area contributed by atoms with Gasteiger partial charge in [-0.1, -0.05) is 0 Å². The molecule has 0 aliphatic carbocycles. The highest BCUT2D eigenvalue weighted by Gasteiger charge is 2.60. The molecule has 0 saturated heterocycles. The number of rotatable bonds is 1. The SMILES string of the molecule is Nc1cc(C(F)(F)C(F)(F)F)ncn1. The van der Waals surface area contributed by atoms with E-state index in [0.717, 1.165) is 0 Å². The molecule has 8 heteroatoms. The molecule has 0 atom stereocenters.